The first kappa shape index (κ1) is 22.6. The van der Waals surface area contributed by atoms with Crippen LogP contribution in [0.2, 0.25) is 0 Å². The quantitative estimate of drug-likeness (QED) is 0.205. The van der Waals surface area contributed by atoms with E-state index in [2.05, 4.69) is 23.2 Å². The second-order valence-corrected chi connectivity index (χ2v) is 4.86. The molecule has 0 unspecified atom stereocenters. The van der Waals surface area contributed by atoms with Gasteiger partial charge in [-0.2, -0.15) is 26.3 Å². The number of aliphatic hydroxyl groups excluding tert-OH is 1. The average molecular weight is 567 g/mol. The molecule has 0 spiro atoms. The molecular formula is C16H9F6IrN2O2-. The summed E-state index contributed by atoms with van der Waals surface area (Å²) in [5, 5.41) is 10.2. The number of ketones is 1. The van der Waals surface area contributed by atoms with Crippen molar-refractivity contribution in [3.63, 3.8) is 0 Å². The Kier molecular flexibility index (Phi) is 7.16. The van der Waals surface area contributed by atoms with E-state index >= 15 is 0 Å². The van der Waals surface area contributed by atoms with E-state index in [9.17, 15) is 31.1 Å². The Morgan fingerprint density at radius 3 is 2.37 bits per heavy atom. The second-order valence-electron chi connectivity index (χ2n) is 4.86. The van der Waals surface area contributed by atoms with Gasteiger partial charge in [0.1, 0.15) is 0 Å². The fourth-order valence-electron chi connectivity index (χ4n) is 1.86. The van der Waals surface area contributed by atoms with E-state index < -0.39 is 30.0 Å². The molecule has 0 amide bonds. The third-order valence-corrected chi connectivity index (χ3v) is 3.03. The summed E-state index contributed by atoms with van der Waals surface area (Å²) in [5.41, 5.74) is 0.970. The molecule has 147 valence electrons. The van der Waals surface area contributed by atoms with Gasteiger partial charge in [-0.25, -0.2) is 0 Å². The van der Waals surface area contributed by atoms with Gasteiger partial charge >= 0.3 is 12.4 Å². The van der Waals surface area contributed by atoms with Crippen LogP contribution < -0.4 is 0 Å². The number of aliphatic hydroxyl groups is 1. The van der Waals surface area contributed by atoms with Gasteiger partial charge in [-0.15, -0.1) is 35.0 Å². The molecule has 0 aliphatic rings. The minimum absolute atomic E-state index is 0. The smallest absolute Gasteiger partial charge is 0.454 e. The van der Waals surface area contributed by atoms with Gasteiger partial charge in [-0.1, -0.05) is 6.07 Å². The summed E-state index contributed by atoms with van der Waals surface area (Å²) in [6.07, 6.45) is -5.93. The third-order valence-electron chi connectivity index (χ3n) is 3.03. The number of alkyl halides is 6. The molecule has 0 fully saturated rings. The molecule has 2 aromatic heterocycles. The molecule has 3 aromatic rings. The van der Waals surface area contributed by atoms with E-state index in [4.69, 9.17) is 5.11 Å². The molecule has 27 heavy (non-hydrogen) atoms. The molecule has 0 aliphatic carbocycles. The first-order valence-corrected chi connectivity index (χ1v) is 6.81. The monoisotopic (exact) mass is 568 g/mol. The number of fused-ring (bicyclic) bond motifs is 3. The van der Waals surface area contributed by atoms with E-state index in [1.54, 1.807) is 6.20 Å². The summed E-state index contributed by atoms with van der Waals surface area (Å²) >= 11 is 0. The zero-order valence-corrected chi connectivity index (χ0v) is 15.4. The average Bonchev–Trinajstić information content (AvgIpc) is 3.02. The summed E-state index contributed by atoms with van der Waals surface area (Å²) in [4.78, 5) is 14.1. The summed E-state index contributed by atoms with van der Waals surface area (Å²) in [5.74, 6) is -5.34. The topological polar surface area (TPSA) is 54.6 Å². The van der Waals surface area contributed by atoms with Crippen molar-refractivity contribution in [2.24, 2.45) is 0 Å². The number of carbonyl (C=O) groups is 1. The third kappa shape index (κ3) is 5.80. The molecule has 11 heteroatoms. The SMILES string of the molecule is O=C(/C=C(\O)C(F)(F)F)C(F)(F)F.[Ir].[c-]1cccc2ccn3ccnc3c12. The predicted molar refractivity (Wildman–Crippen MR) is 79.4 cm³/mol. The number of hydrogen-bond acceptors (Lipinski definition) is 3. The zero-order chi connectivity index (χ0) is 19.5. The number of allylic oxidation sites excluding steroid dienone is 2. The van der Waals surface area contributed by atoms with Crippen LogP contribution in [0.25, 0.3) is 16.4 Å². The van der Waals surface area contributed by atoms with Crippen LogP contribution in [0.15, 0.2) is 54.7 Å². The van der Waals surface area contributed by atoms with Crippen LogP contribution in [-0.2, 0) is 24.9 Å². The summed E-state index contributed by atoms with van der Waals surface area (Å²) in [7, 11) is 0. The van der Waals surface area contributed by atoms with Crippen molar-refractivity contribution >= 4 is 22.2 Å². The maximum Gasteiger partial charge on any atom is 0.454 e. The van der Waals surface area contributed by atoms with E-state index in [1.165, 1.54) is 5.39 Å². The molecule has 1 N–H and O–H groups in total. The largest absolute Gasteiger partial charge is 0.504 e. The minimum atomic E-state index is -5.42. The van der Waals surface area contributed by atoms with Gasteiger partial charge in [0.15, 0.2) is 0 Å². The van der Waals surface area contributed by atoms with Crippen molar-refractivity contribution in [1.29, 1.82) is 0 Å². The van der Waals surface area contributed by atoms with Crippen molar-refractivity contribution in [2.45, 2.75) is 12.4 Å². The summed E-state index contributed by atoms with van der Waals surface area (Å²) < 4.78 is 70.1. The van der Waals surface area contributed by atoms with Gasteiger partial charge in [0.05, 0.1) is 5.65 Å². The number of carbonyl (C=O) groups excluding carboxylic acids is 1. The maximum absolute atomic E-state index is 11.4. The normalized spacial score (nSPS) is 12.3. The Labute approximate surface area is 161 Å². The van der Waals surface area contributed by atoms with E-state index in [0.29, 0.717) is 0 Å². The first-order chi connectivity index (χ1) is 12.0. The van der Waals surface area contributed by atoms with Crippen molar-refractivity contribution in [2.75, 3.05) is 0 Å². The molecule has 0 atom stereocenters. The molecule has 0 aliphatic heterocycles. The first-order valence-electron chi connectivity index (χ1n) is 6.81. The minimum Gasteiger partial charge on any atom is -0.504 e. The number of hydrogen-bond donors (Lipinski definition) is 1. The molecule has 4 nitrogen and oxygen atoms in total. The van der Waals surface area contributed by atoms with Gasteiger partial charge in [0, 0.05) is 38.6 Å². The van der Waals surface area contributed by atoms with Crippen LogP contribution >= 0.6 is 0 Å². The van der Waals surface area contributed by atoms with Gasteiger partial charge in [-0.3, -0.25) is 9.78 Å². The number of benzene rings is 1. The van der Waals surface area contributed by atoms with Gasteiger partial charge in [-0.05, 0) is 6.20 Å². The Morgan fingerprint density at radius 1 is 1.11 bits per heavy atom. The number of halogens is 6. The second kappa shape index (κ2) is 8.53. The Morgan fingerprint density at radius 2 is 1.78 bits per heavy atom. The molecule has 0 saturated heterocycles. The van der Waals surface area contributed by atoms with Crippen molar-refractivity contribution < 1.29 is 56.3 Å². The Hall–Kier alpha value is -2.39. The standard InChI is InChI=1S/C11H7N2.C5H2F6O2.Ir/c1-2-4-10-9(3-1)5-7-13-8-6-12-11(10)13;6-4(7,8)2(12)1-3(13)5(9,10)11;/h1-3,5-8H;1,12H;/q-1;;/b;2-1-;. The molecule has 1 radical (unpaired) electrons. The molecule has 1 aromatic carbocycles. The van der Waals surface area contributed by atoms with Gasteiger partial charge < -0.3 is 9.51 Å². The van der Waals surface area contributed by atoms with E-state index in [-0.39, 0.29) is 20.1 Å². The number of imidazole rings is 1. The molecule has 2 heterocycles. The van der Waals surface area contributed by atoms with Crippen molar-refractivity contribution in [3.05, 3.63) is 60.8 Å². The molecule has 0 bridgehead atoms. The van der Waals surface area contributed by atoms with Crippen LogP contribution in [0.1, 0.15) is 0 Å². The van der Waals surface area contributed by atoms with Crippen LogP contribution in [-0.4, -0.2) is 32.6 Å². The number of pyridine rings is 1. The van der Waals surface area contributed by atoms with Crippen molar-refractivity contribution in [1.82, 2.24) is 9.38 Å². The van der Waals surface area contributed by atoms with Crippen LogP contribution in [0.4, 0.5) is 26.3 Å². The fraction of sp³-hybridized carbons (Fsp3) is 0.125. The Balaban J connectivity index is 0.000000260. The maximum atomic E-state index is 11.4. The molecule has 0 saturated carbocycles. The molecular weight excluding hydrogens is 558 g/mol. The zero-order valence-electron chi connectivity index (χ0n) is 13.0. The summed E-state index contributed by atoms with van der Waals surface area (Å²) in [6, 6.07) is 11.2. The fourth-order valence-corrected chi connectivity index (χ4v) is 1.86. The van der Waals surface area contributed by atoms with E-state index in [0.717, 1.165) is 11.0 Å². The summed E-state index contributed by atoms with van der Waals surface area (Å²) in [6.45, 7) is 0. The van der Waals surface area contributed by atoms with Gasteiger partial charge in [0.2, 0.25) is 5.76 Å². The van der Waals surface area contributed by atoms with Crippen LogP contribution in [0.5, 0.6) is 0 Å². The molecule has 3 rings (SSSR count). The van der Waals surface area contributed by atoms with E-state index in [1.807, 2.05) is 28.9 Å². The Bertz CT molecular complexity index is 963. The number of nitrogens with zero attached hydrogens (tertiary/aromatic N) is 2. The van der Waals surface area contributed by atoms with Crippen molar-refractivity contribution in [3.8, 4) is 0 Å². The predicted octanol–water partition coefficient (Wildman–Crippen LogP) is 4.41. The van der Waals surface area contributed by atoms with Crippen LogP contribution in [0, 0.1) is 6.07 Å². The number of aromatic nitrogens is 2. The number of rotatable bonds is 1. The van der Waals surface area contributed by atoms with Crippen LogP contribution in [0.3, 0.4) is 0 Å². The van der Waals surface area contributed by atoms with Gasteiger partial charge in [0.25, 0.3) is 5.78 Å².